The lowest BCUT2D eigenvalue weighted by atomic mass is 9.95. The van der Waals surface area contributed by atoms with Crippen molar-refractivity contribution in [1.29, 1.82) is 0 Å². The number of aryl methyl sites for hydroxylation is 1. The van der Waals surface area contributed by atoms with E-state index < -0.39 is 12.2 Å². The highest BCUT2D eigenvalue weighted by Crippen LogP contribution is 2.32. The molecule has 0 bridgehead atoms. The highest BCUT2D eigenvalue weighted by molar-refractivity contribution is 5.74. The molecule has 3 aromatic rings. The van der Waals surface area contributed by atoms with Gasteiger partial charge in [0.2, 0.25) is 0 Å². The van der Waals surface area contributed by atoms with E-state index in [-0.39, 0.29) is 5.75 Å². The average molecular weight is 376 g/mol. The van der Waals surface area contributed by atoms with Crippen molar-refractivity contribution in [2.75, 3.05) is 7.11 Å². The third kappa shape index (κ3) is 4.39. The molecule has 140 valence electrons. The van der Waals surface area contributed by atoms with Crippen LogP contribution in [0.2, 0.25) is 0 Å². The Morgan fingerprint density at radius 2 is 1.33 bits per heavy atom. The maximum Gasteiger partial charge on any atom is 0.573 e. The van der Waals surface area contributed by atoms with Crippen molar-refractivity contribution in [1.82, 2.24) is 0 Å². The molecule has 3 aromatic carbocycles. The fourth-order valence-electron chi connectivity index (χ4n) is 2.85. The van der Waals surface area contributed by atoms with E-state index in [1.807, 2.05) is 19.1 Å². The Hall–Kier alpha value is -3.02. The minimum absolute atomic E-state index is 0.277. The maximum absolute atomic E-state index is 14.3. The Labute approximate surface area is 154 Å². The van der Waals surface area contributed by atoms with Crippen LogP contribution in [0, 0.1) is 12.7 Å². The van der Waals surface area contributed by atoms with Crippen LogP contribution in [-0.4, -0.2) is 13.5 Å². The second-order valence-electron chi connectivity index (χ2n) is 5.95. The van der Waals surface area contributed by atoms with Gasteiger partial charge in [-0.3, -0.25) is 0 Å². The second kappa shape index (κ2) is 7.31. The molecule has 27 heavy (non-hydrogen) atoms. The fraction of sp³-hybridized carbons (Fsp3) is 0.143. The molecule has 0 heterocycles. The zero-order valence-corrected chi connectivity index (χ0v) is 14.6. The van der Waals surface area contributed by atoms with Gasteiger partial charge >= 0.3 is 6.36 Å². The maximum atomic E-state index is 14.3. The SMILES string of the molecule is COc1ccc(-c2ccc(-c3ccc(OC(F)(F)F)cc3)c(C)c2)c(F)c1. The smallest absolute Gasteiger partial charge is 0.497 e. The highest BCUT2D eigenvalue weighted by Gasteiger charge is 2.30. The van der Waals surface area contributed by atoms with Crippen molar-refractivity contribution < 1.29 is 27.0 Å². The third-order valence-electron chi connectivity index (χ3n) is 4.11. The van der Waals surface area contributed by atoms with Crippen molar-refractivity contribution in [3.05, 3.63) is 72.0 Å². The summed E-state index contributed by atoms with van der Waals surface area (Å²) in [5.74, 6) is -0.235. The lowest BCUT2D eigenvalue weighted by Crippen LogP contribution is -2.16. The predicted molar refractivity (Wildman–Crippen MR) is 95.2 cm³/mol. The monoisotopic (exact) mass is 376 g/mol. The number of rotatable bonds is 4. The van der Waals surface area contributed by atoms with Gasteiger partial charge in [-0.1, -0.05) is 30.3 Å². The topological polar surface area (TPSA) is 18.5 Å². The number of alkyl halides is 3. The van der Waals surface area contributed by atoms with E-state index in [0.29, 0.717) is 16.9 Å². The molecule has 0 saturated heterocycles. The van der Waals surface area contributed by atoms with E-state index in [2.05, 4.69) is 4.74 Å². The van der Waals surface area contributed by atoms with Crippen molar-refractivity contribution in [3.8, 4) is 33.8 Å². The Kier molecular flexibility index (Phi) is 5.08. The molecule has 0 spiro atoms. The lowest BCUT2D eigenvalue weighted by molar-refractivity contribution is -0.274. The first-order valence-electron chi connectivity index (χ1n) is 8.07. The summed E-state index contributed by atoms with van der Waals surface area (Å²) in [5, 5.41) is 0. The minimum Gasteiger partial charge on any atom is -0.497 e. The summed E-state index contributed by atoms with van der Waals surface area (Å²) < 4.78 is 59.9. The van der Waals surface area contributed by atoms with Gasteiger partial charge in [-0.05, 0) is 53.4 Å². The zero-order chi connectivity index (χ0) is 19.6. The number of methoxy groups -OCH3 is 1. The van der Waals surface area contributed by atoms with Gasteiger partial charge in [-0.2, -0.15) is 0 Å². The zero-order valence-electron chi connectivity index (χ0n) is 14.6. The van der Waals surface area contributed by atoms with E-state index in [1.54, 1.807) is 30.3 Å². The van der Waals surface area contributed by atoms with E-state index in [0.717, 1.165) is 16.7 Å². The normalized spacial score (nSPS) is 11.3. The standard InChI is InChI=1S/C21H16F4O2/c1-13-11-15(19-10-8-17(26-2)12-20(19)22)5-9-18(13)14-3-6-16(7-4-14)27-21(23,24)25/h3-12H,1-2H3. The largest absolute Gasteiger partial charge is 0.573 e. The second-order valence-corrected chi connectivity index (χ2v) is 5.95. The fourth-order valence-corrected chi connectivity index (χ4v) is 2.85. The van der Waals surface area contributed by atoms with Gasteiger partial charge in [-0.25, -0.2) is 4.39 Å². The van der Waals surface area contributed by atoms with Crippen LogP contribution in [0.3, 0.4) is 0 Å². The Bertz CT molecular complexity index is 947. The first kappa shape index (κ1) is 18.8. The highest BCUT2D eigenvalue weighted by atomic mass is 19.4. The van der Waals surface area contributed by atoms with E-state index in [4.69, 9.17) is 4.74 Å². The van der Waals surface area contributed by atoms with Crippen LogP contribution in [0.1, 0.15) is 5.56 Å². The molecule has 0 saturated carbocycles. The minimum atomic E-state index is -4.72. The number of benzene rings is 3. The molecule has 6 heteroatoms. The van der Waals surface area contributed by atoms with Gasteiger partial charge in [0.25, 0.3) is 0 Å². The van der Waals surface area contributed by atoms with Crippen LogP contribution < -0.4 is 9.47 Å². The Balaban J connectivity index is 1.89. The van der Waals surface area contributed by atoms with Crippen LogP contribution in [0.15, 0.2) is 60.7 Å². The third-order valence-corrected chi connectivity index (χ3v) is 4.11. The van der Waals surface area contributed by atoms with Crippen LogP contribution >= 0.6 is 0 Å². The molecular weight excluding hydrogens is 360 g/mol. The summed E-state index contributed by atoms with van der Waals surface area (Å²) in [7, 11) is 1.47. The van der Waals surface area contributed by atoms with Crippen molar-refractivity contribution in [2.24, 2.45) is 0 Å². The summed E-state index contributed by atoms with van der Waals surface area (Å²) in [6, 6.07) is 15.7. The number of ether oxygens (including phenoxy) is 2. The van der Waals surface area contributed by atoms with Gasteiger partial charge < -0.3 is 9.47 Å². The van der Waals surface area contributed by atoms with E-state index >= 15 is 0 Å². The summed E-state index contributed by atoms with van der Waals surface area (Å²) in [4.78, 5) is 0. The molecule has 3 rings (SSSR count). The number of hydrogen-bond donors (Lipinski definition) is 0. The molecule has 0 aliphatic carbocycles. The molecule has 0 aromatic heterocycles. The molecule has 0 atom stereocenters. The predicted octanol–water partition coefficient (Wildman–Crippen LogP) is 6.38. The van der Waals surface area contributed by atoms with E-state index in [9.17, 15) is 17.6 Å². The molecule has 0 radical (unpaired) electrons. The average Bonchev–Trinajstić information content (AvgIpc) is 2.61. The molecule has 0 aliphatic heterocycles. The molecule has 0 fully saturated rings. The molecule has 0 unspecified atom stereocenters. The molecule has 0 amide bonds. The summed E-state index contributed by atoms with van der Waals surface area (Å²) in [6.07, 6.45) is -4.72. The van der Waals surface area contributed by atoms with Gasteiger partial charge in [0.05, 0.1) is 7.11 Å². The van der Waals surface area contributed by atoms with Crippen LogP contribution in [-0.2, 0) is 0 Å². The van der Waals surface area contributed by atoms with Gasteiger partial charge in [-0.15, -0.1) is 13.2 Å². The Morgan fingerprint density at radius 1 is 0.741 bits per heavy atom. The number of hydrogen-bond acceptors (Lipinski definition) is 2. The van der Waals surface area contributed by atoms with Gasteiger partial charge in [0.15, 0.2) is 0 Å². The van der Waals surface area contributed by atoms with Crippen LogP contribution in [0.25, 0.3) is 22.3 Å². The molecule has 2 nitrogen and oxygen atoms in total. The van der Waals surface area contributed by atoms with Gasteiger partial charge in [0, 0.05) is 11.6 Å². The Morgan fingerprint density at radius 3 is 1.89 bits per heavy atom. The van der Waals surface area contributed by atoms with Crippen LogP contribution in [0.4, 0.5) is 17.6 Å². The summed E-state index contributed by atoms with van der Waals surface area (Å²) in [6.45, 7) is 1.86. The first-order chi connectivity index (χ1) is 12.8. The van der Waals surface area contributed by atoms with Crippen molar-refractivity contribution in [3.63, 3.8) is 0 Å². The van der Waals surface area contributed by atoms with Crippen molar-refractivity contribution in [2.45, 2.75) is 13.3 Å². The molecule has 0 N–H and O–H groups in total. The summed E-state index contributed by atoms with van der Waals surface area (Å²) in [5.41, 5.74) is 3.59. The first-order valence-corrected chi connectivity index (χ1v) is 8.07. The van der Waals surface area contributed by atoms with Crippen molar-refractivity contribution >= 4 is 0 Å². The lowest BCUT2D eigenvalue weighted by Gasteiger charge is -2.12. The number of halogens is 4. The molecule has 0 aliphatic rings. The van der Waals surface area contributed by atoms with Crippen LogP contribution in [0.5, 0.6) is 11.5 Å². The molecular formula is C21H16F4O2. The van der Waals surface area contributed by atoms with Gasteiger partial charge in [0.1, 0.15) is 17.3 Å². The quantitative estimate of drug-likeness (QED) is 0.492. The summed E-state index contributed by atoms with van der Waals surface area (Å²) >= 11 is 0. The van der Waals surface area contributed by atoms with E-state index in [1.165, 1.54) is 25.3 Å².